The van der Waals surface area contributed by atoms with E-state index in [9.17, 15) is 9.59 Å². The fraction of sp³-hybridized carbons (Fsp3) is 0.370. The topological polar surface area (TPSA) is 97.7 Å². The third kappa shape index (κ3) is 6.56. The summed E-state index contributed by atoms with van der Waals surface area (Å²) in [5.74, 6) is 1.30. The number of nitrogens with zero attached hydrogens (tertiary/aromatic N) is 3. The molecule has 3 aromatic rings. The molecule has 3 amide bonds. The molecule has 0 atom stereocenters. The molecule has 0 fully saturated rings. The van der Waals surface area contributed by atoms with E-state index in [4.69, 9.17) is 14.6 Å². The molecule has 36 heavy (non-hydrogen) atoms. The van der Waals surface area contributed by atoms with Gasteiger partial charge in [-0.2, -0.15) is 5.10 Å². The Morgan fingerprint density at radius 3 is 2.33 bits per heavy atom. The number of methoxy groups -OCH3 is 2. The van der Waals surface area contributed by atoms with Gasteiger partial charge in [0.15, 0.2) is 0 Å². The summed E-state index contributed by atoms with van der Waals surface area (Å²) in [7, 11) is 3.08. The van der Waals surface area contributed by atoms with E-state index in [1.807, 2.05) is 43.3 Å². The predicted molar refractivity (Wildman–Crippen MR) is 141 cm³/mol. The number of anilines is 2. The number of urea groups is 1. The highest BCUT2D eigenvalue weighted by Gasteiger charge is 2.23. The maximum Gasteiger partial charge on any atom is 0.322 e. The van der Waals surface area contributed by atoms with Gasteiger partial charge in [-0.05, 0) is 30.7 Å². The third-order valence-corrected chi connectivity index (χ3v) is 5.51. The minimum atomic E-state index is -0.401. The molecule has 0 aliphatic heterocycles. The summed E-state index contributed by atoms with van der Waals surface area (Å²) in [5.41, 5.74) is 1.96. The van der Waals surface area contributed by atoms with E-state index in [1.54, 1.807) is 30.0 Å². The molecule has 9 heteroatoms. The Morgan fingerprint density at radius 1 is 1.00 bits per heavy atom. The summed E-state index contributed by atoms with van der Waals surface area (Å²) in [6, 6.07) is 16.2. The molecule has 2 N–H and O–H groups in total. The fourth-order valence-corrected chi connectivity index (χ4v) is 3.58. The lowest BCUT2D eigenvalue weighted by molar-refractivity contribution is -0.116. The number of amides is 3. The second-order valence-corrected chi connectivity index (χ2v) is 9.38. The molecule has 192 valence electrons. The first-order valence-corrected chi connectivity index (χ1v) is 11.9. The Labute approximate surface area is 212 Å². The number of carbonyl (C=O) groups is 2. The number of carbonyl (C=O) groups excluding carboxylic acids is 2. The average molecular weight is 494 g/mol. The molecule has 1 aromatic heterocycles. The van der Waals surface area contributed by atoms with Gasteiger partial charge in [-0.3, -0.25) is 4.79 Å². The Balaban J connectivity index is 1.78. The number of ether oxygens (including phenoxy) is 2. The van der Waals surface area contributed by atoms with Crippen LogP contribution < -0.4 is 20.1 Å². The first-order chi connectivity index (χ1) is 17.2. The van der Waals surface area contributed by atoms with E-state index in [0.29, 0.717) is 36.0 Å². The summed E-state index contributed by atoms with van der Waals surface area (Å²) in [4.78, 5) is 27.6. The van der Waals surface area contributed by atoms with Crippen molar-refractivity contribution < 1.29 is 19.1 Å². The molecule has 0 saturated heterocycles. The average Bonchev–Trinajstić information content (AvgIpc) is 3.28. The highest BCUT2D eigenvalue weighted by molar-refractivity contribution is 5.97. The molecule has 0 spiro atoms. The molecule has 1 heterocycles. The normalized spacial score (nSPS) is 11.1. The highest BCUT2D eigenvalue weighted by Crippen LogP contribution is 2.29. The van der Waals surface area contributed by atoms with Gasteiger partial charge in [-0.25, -0.2) is 9.48 Å². The summed E-state index contributed by atoms with van der Waals surface area (Å²) < 4.78 is 12.3. The molecule has 2 aromatic carbocycles. The van der Waals surface area contributed by atoms with E-state index >= 15 is 0 Å². The number of hydrogen-bond acceptors (Lipinski definition) is 5. The largest absolute Gasteiger partial charge is 0.497 e. The molecule has 0 saturated carbocycles. The van der Waals surface area contributed by atoms with E-state index in [0.717, 1.165) is 11.4 Å². The molecule has 3 rings (SSSR count). The van der Waals surface area contributed by atoms with E-state index in [-0.39, 0.29) is 17.9 Å². The van der Waals surface area contributed by atoms with Gasteiger partial charge < -0.3 is 25.0 Å². The van der Waals surface area contributed by atoms with Crippen molar-refractivity contribution in [3.05, 3.63) is 60.3 Å². The first-order valence-electron chi connectivity index (χ1n) is 11.9. The number of para-hydroxylation sites is 1. The molecule has 0 radical (unpaired) electrons. The van der Waals surface area contributed by atoms with Gasteiger partial charge in [0, 0.05) is 24.1 Å². The van der Waals surface area contributed by atoms with Gasteiger partial charge in [-0.1, -0.05) is 45.9 Å². The number of benzene rings is 2. The van der Waals surface area contributed by atoms with Crippen LogP contribution in [0.3, 0.4) is 0 Å². The maximum absolute atomic E-state index is 13.1. The van der Waals surface area contributed by atoms with E-state index < -0.39 is 6.03 Å². The van der Waals surface area contributed by atoms with Crippen molar-refractivity contribution >= 4 is 23.4 Å². The summed E-state index contributed by atoms with van der Waals surface area (Å²) in [5, 5.41) is 10.5. The predicted octanol–water partition coefficient (Wildman–Crippen LogP) is 5.07. The number of nitrogens with one attached hydrogen (secondary N) is 2. The second kappa shape index (κ2) is 11.6. The zero-order valence-electron chi connectivity index (χ0n) is 21.8. The van der Waals surface area contributed by atoms with Crippen LogP contribution >= 0.6 is 0 Å². The lowest BCUT2D eigenvalue weighted by Crippen LogP contribution is -2.41. The van der Waals surface area contributed by atoms with Crippen LogP contribution in [0.2, 0.25) is 0 Å². The summed E-state index contributed by atoms with van der Waals surface area (Å²) in [6.07, 6.45) is 0.691. The molecule has 0 aliphatic carbocycles. The molecular weight excluding hydrogens is 458 g/mol. The third-order valence-electron chi connectivity index (χ3n) is 5.51. The van der Waals surface area contributed by atoms with Crippen molar-refractivity contribution in [1.29, 1.82) is 0 Å². The number of hydrogen-bond donors (Lipinski definition) is 2. The molecular formula is C27H35N5O4. The van der Waals surface area contributed by atoms with Gasteiger partial charge in [0.1, 0.15) is 23.9 Å². The lowest BCUT2D eigenvalue weighted by atomic mass is 9.92. The van der Waals surface area contributed by atoms with Crippen LogP contribution in [0.5, 0.6) is 11.5 Å². The van der Waals surface area contributed by atoms with Gasteiger partial charge in [0.2, 0.25) is 5.91 Å². The summed E-state index contributed by atoms with van der Waals surface area (Å²) >= 11 is 0. The molecule has 0 aliphatic rings. The highest BCUT2D eigenvalue weighted by atomic mass is 16.5. The van der Waals surface area contributed by atoms with Crippen LogP contribution in [0.1, 0.15) is 39.8 Å². The number of aromatic nitrogens is 2. The van der Waals surface area contributed by atoms with Gasteiger partial charge >= 0.3 is 6.03 Å². The van der Waals surface area contributed by atoms with Gasteiger partial charge in [0.25, 0.3) is 0 Å². The summed E-state index contributed by atoms with van der Waals surface area (Å²) in [6.45, 7) is 8.43. The van der Waals surface area contributed by atoms with Crippen LogP contribution in [0.4, 0.5) is 16.3 Å². The van der Waals surface area contributed by atoms with Crippen LogP contribution in [0, 0.1) is 0 Å². The second-order valence-electron chi connectivity index (χ2n) is 9.38. The SMILES string of the molecule is CCCN(CC(=O)Nc1cc(C(C)(C)C)nn1-c1ccccc1)C(=O)Nc1ccc(OC)cc1OC. The Kier molecular flexibility index (Phi) is 8.58. The van der Waals surface area contributed by atoms with Crippen LogP contribution in [-0.2, 0) is 10.2 Å². The minimum Gasteiger partial charge on any atom is -0.497 e. The van der Waals surface area contributed by atoms with Crippen molar-refractivity contribution in [1.82, 2.24) is 14.7 Å². The standard InChI is InChI=1S/C27H35N5O4/c1-7-15-31(26(34)28-21-14-13-20(35-5)16-22(21)36-6)18-25(33)29-24-17-23(27(2,3)4)30-32(24)19-11-9-8-10-12-19/h8-14,16-17H,7,15,18H2,1-6H3,(H,28,34)(H,29,33). The fourth-order valence-electron chi connectivity index (χ4n) is 3.58. The molecule has 0 bridgehead atoms. The smallest absolute Gasteiger partial charge is 0.322 e. The zero-order chi connectivity index (χ0) is 26.3. The van der Waals surface area contributed by atoms with Crippen LogP contribution in [0.15, 0.2) is 54.6 Å². The maximum atomic E-state index is 13.1. The Morgan fingerprint density at radius 2 is 1.72 bits per heavy atom. The first kappa shape index (κ1) is 26.6. The van der Waals surface area contributed by atoms with E-state index in [1.165, 1.54) is 12.0 Å². The Hall–Kier alpha value is -4.01. The van der Waals surface area contributed by atoms with Gasteiger partial charge in [0.05, 0.1) is 31.3 Å². The Bertz CT molecular complexity index is 1180. The van der Waals surface area contributed by atoms with Crippen LogP contribution in [-0.4, -0.2) is 53.9 Å². The van der Waals surface area contributed by atoms with Crippen molar-refractivity contribution in [2.24, 2.45) is 0 Å². The number of rotatable bonds is 9. The molecule has 0 unspecified atom stereocenters. The minimum absolute atomic E-state index is 0.122. The zero-order valence-corrected chi connectivity index (χ0v) is 21.8. The molecule has 9 nitrogen and oxygen atoms in total. The lowest BCUT2D eigenvalue weighted by Gasteiger charge is -2.23. The van der Waals surface area contributed by atoms with Gasteiger partial charge in [-0.15, -0.1) is 0 Å². The quantitative estimate of drug-likeness (QED) is 0.434. The van der Waals surface area contributed by atoms with Crippen molar-refractivity contribution in [3.63, 3.8) is 0 Å². The van der Waals surface area contributed by atoms with Crippen LogP contribution in [0.25, 0.3) is 5.69 Å². The van der Waals surface area contributed by atoms with Crippen molar-refractivity contribution in [2.45, 2.75) is 39.5 Å². The van der Waals surface area contributed by atoms with Crippen molar-refractivity contribution in [3.8, 4) is 17.2 Å². The monoisotopic (exact) mass is 493 g/mol. The van der Waals surface area contributed by atoms with E-state index in [2.05, 4.69) is 31.4 Å². The van der Waals surface area contributed by atoms with Crippen molar-refractivity contribution in [2.75, 3.05) is 37.9 Å².